The van der Waals surface area contributed by atoms with Crippen molar-refractivity contribution in [2.45, 2.75) is 41.6 Å². The molecule has 1 heterocycles. The first-order valence-electron chi connectivity index (χ1n) is 6.20. The van der Waals surface area contributed by atoms with Gasteiger partial charge in [-0.25, -0.2) is 4.39 Å². The van der Waals surface area contributed by atoms with Gasteiger partial charge in [0.05, 0.1) is 0 Å². The molecule has 1 saturated carbocycles. The van der Waals surface area contributed by atoms with Crippen molar-refractivity contribution in [1.29, 1.82) is 0 Å². The number of nitrogens with zero attached hydrogens (tertiary/aromatic N) is 2. The molecular weight excluding hydrogens is 281 g/mol. The Labute approximate surface area is 119 Å². The summed E-state index contributed by atoms with van der Waals surface area (Å²) in [6.45, 7) is 2.64. The molecule has 19 heavy (non-hydrogen) atoms. The van der Waals surface area contributed by atoms with E-state index in [-0.39, 0.29) is 5.82 Å². The summed E-state index contributed by atoms with van der Waals surface area (Å²) in [5, 5.41) is 12.3. The number of aryl methyl sites for hydroxylation is 1. The molecule has 1 N–H and O–H groups in total. The molecule has 1 fully saturated rings. The smallest absolute Gasteiger partial charge is 0.179 e. The highest BCUT2D eigenvalue weighted by Gasteiger charge is 2.20. The molecule has 0 unspecified atom stereocenters. The van der Waals surface area contributed by atoms with Gasteiger partial charge in [-0.1, -0.05) is 23.1 Å². The molecule has 0 radical (unpaired) electrons. The predicted molar refractivity (Wildman–Crippen MR) is 75.0 cm³/mol. The van der Waals surface area contributed by atoms with E-state index in [0.29, 0.717) is 6.04 Å². The van der Waals surface area contributed by atoms with Gasteiger partial charge in [0.2, 0.25) is 0 Å². The molecule has 3 rings (SSSR count). The van der Waals surface area contributed by atoms with Crippen molar-refractivity contribution in [3.63, 3.8) is 0 Å². The van der Waals surface area contributed by atoms with Crippen molar-refractivity contribution in [3.05, 3.63) is 34.6 Å². The monoisotopic (exact) mass is 295 g/mol. The summed E-state index contributed by atoms with van der Waals surface area (Å²) >= 11 is 2.99. The van der Waals surface area contributed by atoms with Crippen LogP contribution < -0.4 is 5.32 Å². The van der Waals surface area contributed by atoms with Crippen molar-refractivity contribution < 1.29 is 4.39 Å². The van der Waals surface area contributed by atoms with E-state index in [9.17, 15) is 4.39 Å². The van der Waals surface area contributed by atoms with Gasteiger partial charge in [0.1, 0.15) is 10.8 Å². The second-order valence-corrected chi connectivity index (χ2v) is 7.14. The van der Waals surface area contributed by atoms with E-state index in [1.807, 2.05) is 13.0 Å². The highest BCUT2D eigenvalue weighted by Crippen LogP contribution is 2.31. The summed E-state index contributed by atoms with van der Waals surface area (Å²) in [7, 11) is 0. The number of hydrogen-bond donors (Lipinski definition) is 1. The van der Waals surface area contributed by atoms with Gasteiger partial charge < -0.3 is 5.32 Å². The topological polar surface area (TPSA) is 37.8 Å². The van der Waals surface area contributed by atoms with Crippen LogP contribution in [-0.2, 0) is 6.54 Å². The van der Waals surface area contributed by atoms with E-state index < -0.39 is 0 Å². The van der Waals surface area contributed by atoms with Crippen molar-refractivity contribution in [2.75, 3.05) is 0 Å². The molecule has 0 amide bonds. The first-order chi connectivity index (χ1) is 9.19. The zero-order valence-electron chi connectivity index (χ0n) is 10.5. The van der Waals surface area contributed by atoms with E-state index in [4.69, 9.17) is 0 Å². The van der Waals surface area contributed by atoms with Crippen molar-refractivity contribution in [3.8, 4) is 0 Å². The van der Waals surface area contributed by atoms with E-state index in [1.54, 1.807) is 12.1 Å². The molecule has 1 aromatic carbocycles. The van der Waals surface area contributed by atoms with Crippen LogP contribution >= 0.6 is 23.1 Å². The fraction of sp³-hybridized carbons (Fsp3) is 0.385. The summed E-state index contributed by atoms with van der Waals surface area (Å²) in [5.41, 5.74) is 0.982. The third kappa shape index (κ3) is 3.75. The third-order valence-electron chi connectivity index (χ3n) is 2.82. The fourth-order valence-electron chi connectivity index (χ4n) is 1.75. The SMILES string of the molecule is Cc1nnc(Sc2cc(F)cc(CNC3CC3)c2)s1. The molecule has 0 spiro atoms. The first-order valence-corrected chi connectivity index (χ1v) is 7.83. The van der Waals surface area contributed by atoms with Gasteiger partial charge in [-0.05, 0) is 43.5 Å². The highest BCUT2D eigenvalue weighted by molar-refractivity contribution is 8.01. The average Bonchev–Trinajstić information content (AvgIpc) is 3.10. The molecule has 0 atom stereocenters. The van der Waals surface area contributed by atoms with Crippen molar-refractivity contribution in [1.82, 2.24) is 15.5 Å². The van der Waals surface area contributed by atoms with Gasteiger partial charge in [-0.3, -0.25) is 0 Å². The van der Waals surface area contributed by atoms with Crippen molar-refractivity contribution >= 4 is 23.1 Å². The van der Waals surface area contributed by atoms with Crippen LogP contribution in [0.5, 0.6) is 0 Å². The Kier molecular flexibility index (Phi) is 3.81. The lowest BCUT2D eigenvalue weighted by Gasteiger charge is -2.05. The molecule has 2 aromatic rings. The minimum atomic E-state index is -0.196. The minimum absolute atomic E-state index is 0.196. The summed E-state index contributed by atoms with van der Waals surface area (Å²) < 4.78 is 14.5. The van der Waals surface area contributed by atoms with Crippen LogP contribution in [0, 0.1) is 12.7 Å². The molecule has 1 aromatic heterocycles. The molecule has 100 valence electrons. The Morgan fingerprint density at radius 1 is 1.37 bits per heavy atom. The van der Waals surface area contributed by atoms with Crippen molar-refractivity contribution in [2.24, 2.45) is 0 Å². The molecule has 6 heteroatoms. The lowest BCUT2D eigenvalue weighted by atomic mass is 10.2. The second kappa shape index (κ2) is 5.56. The molecule has 3 nitrogen and oxygen atoms in total. The van der Waals surface area contributed by atoms with Crippen LogP contribution in [0.3, 0.4) is 0 Å². The van der Waals surface area contributed by atoms with Crippen LogP contribution in [0.25, 0.3) is 0 Å². The quantitative estimate of drug-likeness (QED) is 0.917. The number of hydrogen-bond acceptors (Lipinski definition) is 5. The van der Waals surface area contributed by atoms with Crippen LogP contribution in [0.1, 0.15) is 23.4 Å². The normalized spacial score (nSPS) is 14.8. The Hall–Kier alpha value is -0.980. The number of halogens is 1. The maximum absolute atomic E-state index is 13.6. The van der Waals surface area contributed by atoms with E-state index in [0.717, 1.165) is 26.4 Å². The Morgan fingerprint density at radius 2 is 2.21 bits per heavy atom. The zero-order valence-corrected chi connectivity index (χ0v) is 12.2. The van der Waals surface area contributed by atoms with Gasteiger partial charge >= 0.3 is 0 Å². The largest absolute Gasteiger partial charge is 0.310 e. The maximum Gasteiger partial charge on any atom is 0.179 e. The molecule has 0 saturated heterocycles. The lowest BCUT2D eigenvalue weighted by molar-refractivity contribution is 0.615. The van der Waals surface area contributed by atoms with Gasteiger partial charge in [0.15, 0.2) is 4.34 Å². The van der Waals surface area contributed by atoms with Crippen LogP contribution in [0.4, 0.5) is 4.39 Å². The van der Waals surface area contributed by atoms with Gasteiger partial charge in [-0.15, -0.1) is 10.2 Å². The Balaban J connectivity index is 1.72. The summed E-state index contributed by atoms with van der Waals surface area (Å²) in [4.78, 5) is 0.878. The molecular formula is C13H14FN3S2. The molecule has 1 aliphatic carbocycles. The van der Waals surface area contributed by atoms with Crippen LogP contribution in [0.15, 0.2) is 27.4 Å². The number of nitrogens with one attached hydrogen (secondary N) is 1. The van der Waals surface area contributed by atoms with Crippen LogP contribution in [0.2, 0.25) is 0 Å². The summed E-state index contributed by atoms with van der Waals surface area (Å²) in [6.07, 6.45) is 2.47. The van der Waals surface area contributed by atoms with Gasteiger partial charge in [-0.2, -0.15) is 0 Å². The number of rotatable bonds is 5. The first kappa shape index (κ1) is 13.0. The standard InChI is InChI=1S/C13H14FN3S2/c1-8-16-17-13(18-8)19-12-5-9(4-10(14)6-12)7-15-11-2-3-11/h4-6,11,15H,2-3,7H2,1H3. The lowest BCUT2D eigenvalue weighted by Crippen LogP contribution is -2.15. The number of benzene rings is 1. The summed E-state index contributed by atoms with van der Waals surface area (Å²) in [6, 6.07) is 5.78. The van der Waals surface area contributed by atoms with E-state index in [1.165, 1.54) is 35.9 Å². The predicted octanol–water partition coefficient (Wildman–Crippen LogP) is 3.39. The maximum atomic E-state index is 13.6. The Morgan fingerprint density at radius 3 is 2.89 bits per heavy atom. The van der Waals surface area contributed by atoms with Crippen LogP contribution in [-0.4, -0.2) is 16.2 Å². The van der Waals surface area contributed by atoms with Gasteiger partial charge in [0.25, 0.3) is 0 Å². The van der Waals surface area contributed by atoms with Gasteiger partial charge in [0, 0.05) is 17.5 Å². The second-order valence-electron chi connectivity index (χ2n) is 4.64. The fourth-order valence-corrected chi connectivity index (χ4v) is 3.65. The summed E-state index contributed by atoms with van der Waals surface area (Å²) in [5.74, 6) is -0.196. The Bertz CT molecular complexity index is 581. The molecule has 0 bridgehead atoms. The van der Waals surface area contributed by atoms with E-state index in [2.05, 4.69) is 15.5 Å². The van der Waals surface area contributed by atoms with E-state index >= 15 is 0 Å². The number of aromatic nitrogens is 2. The molecule has 0 aliphatic heterocycles. The minimum Gasteiger partial charge on any atom is -0.310 e. The third-order valence-corrected chi connectivity index (χ3v) is 4.68. The molecule has 1 aliphatic rings. The zero-order chi connectivity index (χ0) is 13.2. The average molecular weight is 295 g/mol. The highest BCUT2D eigenvalue weighted by atomic mass is 32.2.